The highest BCUT2D eigenvalue weighted by Gasteiger charge is 2.39. The molecule has 8 heteroatoms. The summed E-state index contributed by atoms with van der Waals surface area (Å²) in [5.41, 5.74) is 2.90. The van der Waals surface area contributed by atoms with Crippen molar-refractivity contribution >= 4 is 23.6 Å². The summed E-state index contributed by atoms with van der Waals surface area (Å²) in [6.45, 7) is 3.76. The highest BCUT2D eigenvalue weighted by molar-refractivity contribution is 6.05. The smallest absolute Gasteiger partial charge is 0.255 e. The first kappa shape index (κ1) is 24.0. The number of benzene rings is 1. The van der Waals surface area contributed by atoms with Gasteiger partial charge in [-0.2, -0.15) is 0 Å². The van der Waals surface area contributed by atoms with E-state index in [2.05, 4.69) is 22.8 Å². The Morgan fingerprint density at radius 2 is 1.83 bits per heavy atom. The molecular formula is C27H36N4O4. The summed E-state index contributed by atoms with van der Waals surface area (Å²) < 4.78 is 0. The van der Waals surface area contributed by atoms with Crippen molar-refractivity contribution in [3.8, 4) is 0 Å². The van der Waals surface area contributed by atoms with Gasteiger partial charge in [-0.1, -0.05) is 25.0 Å². The molecule has 1 unspecified atom stereocenters. The first-order valence-corrected chi connectivity index (χ1v) is 13.2. The number of rotatable bonds is 5. The molecule has 2 N–H and O–H groups in total. The Kier molecular flexibility index (Phi) is 6.91. The van der Waals surface area contributed by atoms with Crippen LogP contribution in [0.25, 0.3) is 0 Å². The lowest BCUT2D eigenvalue weighted by Gasteiger charge is -2.38. The number of carbonyl (C=O) groups is 4. The van der Waals surface area contributed by atoms with E-state index in [-0.39, 0.29) is 30.0 Å². The van der Waals surface area contributed by atoms with Crippen molar-refractivity contribution in [1.82, 2.24) is 20.4 Å². The standard InChI is InChI=1S/C27H36N4O4/c1-17(32)30-12-10-21(11-13-30)28-23-5-3-2-4-19(23)14-18-6-7-22-20(15-18)16-31(27(22)35)24-8-9-25(33)29-26(24)34/h6-7,15,19,21,23-24,28H,2-5,8-14,16H2,1H3,(H,29,33,34)/t19-,23+,24?/m1/s1. The number of piperidine rings is 2. The molecule has 3 fully saturated rings. The second-order valence-electron chi connectivity index (χ2n) is 10.7. The van der Waals surface area contributed by atoms with E-state index in [0.29, 0.717) is 36.5 Å². The fourth-order valence-electron chi connectivity index (χ4n) is 6.39. The van der Waals surface area contributed by atoms with Crippen LogP contribution in [-0.2, 0) is 27.3 Å². The fourth-order valence-corrected chi connectivity index (χ4v) is 6.39. The van der Waals surface area contributed by atoms with E-state index in [9.17, 15) is 19.2 Å². The average Bonchev–Trinajstić information content (AvgIpc) is 3.16. The van der Waals surface area contributed by atoms with E-state index in [0.717, 1.165) is 37.9 Å². The molecule has 0 aromatic heterocycles. The molecule has 1 aliphatic carbocycles. The number of nitrogens with one attached hydrogen (secondary N) is 2. The predicted octanol–water partition coefficient (Wildman–Crippen LogP) is 2.15. The van der Waals surface area contributed by atoms with Gasteiger partial charge in [0, 0.05) is 50.6 Å². The summed E-state index contributed by atoms with van der Waals surface area (Å²) in [5, 5.41) is 6.30. The Morgan fingerprint density at radius 3 is 2.57 bits per heavy atom. The van der Waals surface area contributed by atoms with Gasteiger partial charge in [0.05, 0.1) is 0 Å². The number of nitrogens with zero attached hydrogens (tertiary/aromatic N) is 2. The van der Waals surface area contributed by atoms with Gasteiger partial charge < -0.3 is 15.1 Å². The molecule has 0 radical (unpaired) electrons. The third-order valence-electron chi connectivity index (χ3n) is 8.38. The van der Waals surface area contributed by atoms with Crippen LogP contribution in [0.2, 0.25) is 0 Å². The molecule has 3 aliphatic heterocycles. The average molecular weight is 481 g/mol. The van der Waals surface area contributed by atoms with Gasteiger partial charge in [0.25, 0.3) is 5.91 Å². The molecule has 4 amide bonds. The van der Waals surface area contributed by atoms with Gasteiger partial charge in [-0.3, -0.25) is 24.5 Å². The van der Waals surface area contributed by atoms with Crippen molar-refractivity contribution in [2.45, 2.75) is 89.4 Å². The van der Waals surface area contributed by atoms with E-state index >= 15 is 0 Å². The number of carbonyl (C=O) groups excluding carboxylic acids is 4. The number of hydrogen-bond acceptors (Lipinski definition) is 5. The Balaban J connectivity index is 1.22. The maximum absolute atomic E-state index is 13.0. The maximum Gasteiger partial charge on any atom is 0.255 e. The second kappa shape index (κ2) is 10.1. The fraction of sp³-hybridized carbons (Fsp3) is 0.630. The largest absolute Gasteiger partial charge is 0.343 e. The summed E-state index contributed by atoms with van der Waals surface area (Å²) in [4.78, 5) is 52.0. The number of amides is 4. The number of imide groups is 1. The normalized spacial score (nSPS) is 27.7. The molecule has 188 valence electrons. The Bertz CT molecular complexity index is 1020. The summed E-state index contributed by atoms with van der Waals surface area (Å²) in [6.07, 6.45) is 8.54. The SMILES string of the molecule is CC(=O)N1CCC(N[C@H]2CCCC[C@@H]2Cc2ccc3c(c2)CN(C2CCC(=O)NC2=O)C3=O)CC1. The molecule has 0 spiro atoms. The third kappa shape index (κ3) is 5.13. The Morgan fingerprint density at radius 1 is 1.06 bits per heavy atom. The van der Waals surface area contributed by atoms with Crippen molar-refractivity contribution in [3.63, 3.8) is 0 Å². The molecule has 0 bridgehead atoms. The quantitative estimate of drug-likeness (QED) is 0.630. The minimum atomic E-state index is -0.572. The van der Waals surface area contributed by atoms with Crippen LogP contribution in [0.15, 0.2) is 18.2 Å². The summed E-state index contributed by atoms with van der Waals surface area (Å²) in [7, 11) is 0. The lowest BCUT2D eigenvalue weighted by Crippen LogP contribution is -2.52. The van der Waals surface area contributed by atoms with Gasteiger partial charge in [-0.25, -0.2) is 0 Å². The molecule has 1 aromatic carbocycles. The van der Waals surface area contributed by atoms with Crippen LogP contribution in [0.3, 0.4) is 0 Å². The first-order chi connectivity index (χ1) is 16.9. The van der Waals surface area contributed by atoms with Crippen LogP contribution in [-0.4, -0.2) is 64.6 Å². The van der Waals surface area contributed by atoms with Crippen LogP contribution in [0.4, 0.5) is 0 Å². The zero-order chi connectivity index (χ0) is 24.5. The van der Waals surface area contributed by atoms with Gasteiger partial charge in [-0.15, -0.1) is 0 Å². The lowest BCUT2D eigenvalue weighted by molar-refractivity contribution is -0.137. The van der Waals surface area contributed by atoms with Crippen molar-refractivity contribution in [1.29, 1.82) is 0 Å². The van der Waals surface area contributed by atoms with Crippen LogP contribution in [0, 0.1) is 5.92 Å². The molecule has 1 saturated carbocycles. The van der Waals surface area contributed by atoms with Gasteiger partial charge in [0.15, 0.2) is 0 Å². The zero-order valence-corrected chi connectivity index (χ0v) is 20.6. The van der Waals surface area contributed by atoms with Crippen LogP contribution in [0.5, 0.6) is 0 Å². The molecule has 2 saturated heterocycles. The molecule has 8 nitrogen and oxygen atoms in total. The molecular weight excluding hydrogens is 444 g/mol. The van der Waals surface area contributed by atoms with Crippen molar-refractivity contribution in [2.24, 2.45) is 5.92 Å². The second-order valence-corrected chi connectivity index (χ2v) is 10.7. The molecule has 3 atom stereocenters. The van der Waals surface area contributed by atoms with Gasteiger partial charge in [-0.05, 0) is 61.6 Å². The monoisotopic (exact) mass is 480 g/mol. The van der Waals surface area contributed by atoms with E-state index < -0.39 is 6.04 Å². The summed E-state index contributed by atoms with van der Waals surface area (Å²) in [5.74, 6) is -0.0259. The molecule has 35 heavy (non-hydrogen) atoms. The lowest BCUT2D eigenvalue weighted by atomic mass is 9.79. The van der Waals surface area contributed by atoms with Crippen molar-refractivity contribution in [3.05, 3.63) is 34.9 Å². The van der Waals surface area contributed by atoms with E-state index in [1.54, 1.807) is 11.8 Å². The minimum Gasteiger partial charge on any atom is -0.343 e. The van der Waals surface area contributed by atoms with Crippen LogP contribution in [0.1, 0.15) is 79.8 Å². The van der Waals surface area contributed by atoms with Crippen molar-refractivity contribution < 1.29 is 19.2 Å². The summed E-state index contributed by atoms with van der Waals surface area (Å²) >= 11 is 0. The van der Waals surface area contributed by atoms with Crippen molar-refractivity contribution in [2.75, 3.05) is 13.1 Å². The van der Waals surface area contributed by atoms with E-state index in [1.165, 1.54) is 31.2 Å². The van der Waals surface area contributed by atoms with Gasteiger partial charge in [0.1, 0.15) is 6.04 Å². The third-order valence-corrected chi connectivity index (χ3v) is 8.38. The Labute approximate surface area is 206 Å². The van der Waals surface area contributed by atoms with Crippen LogP contribution < -0.4 is 10.6 Å². The molecule has 5 rings (SSSR count). The molecule has 1 aromatic rings. The molecule has 3 heterocycles. The zero-order valence-electron chi connectivity index (χ0n) is 20.6. The van der Waals surface area contributed by atoms with Gasteiger partial charge >= 0.3 is 0 Å². The van der Waals surface area contributed by atoms with Crippen LogP contribution >= 0.6 is 0 Å². The van der Waals surface area contributed by atoms with E-state index in [4.69, 9.17) is 0 Å². The topological polar surface area (TPSA) is 98.8 Å². The highest BCUT2D eigenvalue weighted by atomic mass is 16.2. The summed E-state index contributed by atoms with van der Waals surface area (Å²) in [6, 6.07) is 6.51. The predicted molar refractivity (Wildman–Crippen MR) is 130 cm³/mol. The number of fused-ring (bicyclic) bond motifs is 1. The molecule has 4 aliphatic rings. The maximum atomic E-state index is 13.0. The first-order valence-electron chi connectivity index (χ1n) is 13.2. The number of hydrogen-bond donors (Lipinski definition) is 2. The Hall–Kier alpha value is -2.74. The van der Waals surface area contributed by atoms with Gasteiger partial charge in [0.2, 0.25) is 17.7 Å². The number of likely N-dealkylation sites (tertiary alicyclic amines) is 1. The minimum absolute atomic E-state index is 0.116. The highest BCUT2D eigenvalue weighted by Crippen LogP contribution is 2.32. The van der Waals surface area contributed by atoms with E-state index in [1.807, 2.05) is 11.0 Å².